The van der Waals surface area contributed by atoms with Gasteiger partial charge in [-0.3, -0.25) is 19.4 Å². The second-order valence-electron chi connectivity index (χ2n) is 7.76. The number of carbonyl (C=O) groups excluding carboxylic acids is 2. The van der Waals surface area contributed by atoms with Gasteiger partial charge < -0.3 is 15.2 Å². The Bertz CT molecular complexity index is 986. The number of rotatable bonds is 7. The first-order valence-electron chi connectivity index (χ1n) is 9.74. The van der Waals surface area contributed by atoms with E-state index in [0.717, 1.165) is 12.3 Å². The van der Waals surface area contributed by atoms with Crippen molar-refractivity contribution in [3.05, 3.63) is 63.8 Å². The molecule has 0 aliphatic heterocycles. The lowest BCUT2D eigenvalue weighted by Crippen LogP contribution is -2.41. The van der Waals surface area contributed by atoms with E-state index in [9.17, 15) is 27.6 Å². The van der Waals surface area contributed by atoms with E-state index in [1.165, 1.54) is 29.1 Å². The molecule has 0 radical (unpaired) electrons. The van der Waals surface area contributed by atoms with Gasteiger partial charge in [0.1, 0.15) is 11.1 Å². The van der Waals surface area contributed by atoms with Crippen LogP contribution in [-0.4, -0.2) is 34.1 Å². The number of halogens is 3. The van der Waals surface area contributed by atoms with Crippen LogP contribution in [0.3, 0.4) is 0 Å². The topological polar surface area (TPSA) is 93.1 Å². The van der Waals surface area contributed by atoms with Gasteiger partial charge in [-0.25, -0.2) is 0 Å². The molecule has 2 amide bonds. The maximum absolute atomic E-state index is 13.6. The van der Waals surface area contributed by atoms with Crippen LogP contribution in [0.1, 0.15) is 66.2 Å². The Balaban J connectivity index is 2.47. The van der Waals surface area contributed by atoms with Crippen LogP contribution in [-0.2, 0) is 0 Å². The third kappa shape index (κ3) is 6.16. The van der Waals surface area contributed by atoms with Crippen molar-refractivity contribution in [2.45, 2.75) is 46.0 Å². The van der Waals surface area contributed by atoms with Crippen molar-refractivity contribution in [1.29, 1.82) is 0 Å². The van der Waals surface area contributed by atoms with Gasteiger partial charge in [-0.2, -0.15) is 13.2 Å². The van der Waals surface area contributed by atoms with E-state index in [4.69, 9.17) is 0 Å². The van der Waals surface area contributed by atoms with E-state index in [0.29, 0.717) is 6.54 Å². The fraction of sp³-hybridized carbons (Fsp3) is 0.429. The van der Waals surface area contributed by atoms with Crippen LogP contribution in [0.2, 0.25) is 0 Å². The highest BCUT2D eigenvalue weighted by atomic mass is 19.4. The molecular weight excluding hydrogens is 413 g/mol. The molecule has 7 nitrogen and oxygen atoms in total. The predicted octanol–water partition coefficient (Wildman–Crippen LogP) is 3.24. The number of hydrogen-bond donors (Lipinski definition) is 2. The van der Waals surface area contributed by atoms with Gasteiger partial charge in [0, 0.05) is 31.2 Å². The largest absolute Gasteiger partial charge is 0.414 e. The monoisotopic (exact) mass is 438 g/mol. The third-order valence-electron chi connectivity index (χ3n) is 4.39. The SMILES string of the molecule is CC(C)CNC(=O)c1cn(C(C)C)cc(C(=O)N[C@H](c2ccccn2)C(F)(F)F)c1=O. The molecule has 2 aromatic rings. The van der Waals surface area contributed by atoms with E-state index in [-0.39, 0.29) is 17.5 Å². The van der Waals surface area contributed by atoms with Gasteiger partial charge in [0.2, 0.25) is 5.43 Å². The average Bonchev–Trinajstić information content (AvgIpc) is 2.69. The number of pyridine rings is 2. The summed E-state index contributed by atoms with van der Waals surface area (Å²) >= 11 is 0. The highest BCUT2D eigenvalue weighted by Crippen LogP contribution is 2.31. The number of nitrogens with one attached hydrogen (secondary N) is 2. The highest BCUT2D eigenvalue weighted by molar-refractivity contribution is 5.99. The Kier molecular flexibility index (Phi) is 7.59. The number of aromatic nitrogens is 2. The Morgan fingerprint density at radius 3 is 2.16 bits per heavy atom. The summed E-state index contributed by atoms with van der Waals surface area (Å²) in [6, 6.07) is 1.27. The standard InChI is InChI=1S/C21H25F3N4O3/c1-12(2)9-26-19(30)14-10-28(13(3)4)11-15(17(14)29)20(31)27-18(21(22,23)24)16-7-5-6-8-25-16/h5-8,10-13,18H,9H2,1-4H3,(H,26,30)(H,27,31)/t18-/m1/s1. The quantitative estimate of drug-likeness (QED) is 0.694. The predicted molar refractivity (Wildman–Crippen MR) is 109 cm³/mol. The molecule has 0 aromatic carbocycles. The summed E-state index contributed by atoms with van der Waals surface area (Å²) in [5.41, 5.74) is -2.24. The van der Waals surface area contributed by atoms with E-state index < -0.39 is 40.7 Å². The van der Waals surface area contributed by atoms with Crippen LogP contribution < -0.4 is 16.1 Å². The van der Waals surface area contributed by atoms with Crippen LogP contribution in [0.15, 0.2) is 41.6 Å². The Morgan fingerprint density at radius 1 is 1.06 bits per heavy atom. The zero-order valence-corrected chi connectivity index (χ0v) is 17.7. The lowest BCUT2D eigenvalue weighted by atomic mass is 10.1. The second kappa shape index (κ2) is 9.76. The molecule has 2 N–H and O–H groups in total. The first-order valence-corrected chi connectivity index (χ1v) is 9.74. The maximum atomic E-state index is 13.6. The molecular formula is C21H25F3N4O3. The van der Waals surface area contributed by atoms with Gasteiger partial charge in [0.25, 0.3) is 11.8 Å². The van der Waals surface area contributed by atoms with Gasteiger partial charge in [-0.15, -0.1) is 0 Å². The molecule has 2 heterocycles. The van der Waals surface area contributed by atoms with Crippen LogP contribution in [0.5, 0.6) is 0 Å². The molecule has 2 rings (SSSR count). The van der Waals surface area contributed by atoms with Crippen molar-refractivity contribution in [1.82, 2.24) is 20.2 Å². The maximum Gasteiger partial charge on any atom is 0.414 e. The molecule has 0 saturated carbocycles. The fourth-order valence-corrected chi connectivity index (χ4v) is 2.69. The van der Waals surface area contributed by atoms with Gasteiger partial charge >= 0.3 is 6.18 Å². The van der Waals surface area contributed by atoms with E-state index >= 15 is 0 Å². The molecule has 0 unspecified atom stereocenters. The Hall–Kier alpha value is -3.17. The minimum Gasteiger partial charge on any atom is -0.352 e. The van der Waals surface area contributed by atoms with Crippen molar-refractivity contribution in [3.8, 4) is 0 Å². The highest BCUT2D eigenvalue weighted by Gasteiger charge is 2.43. The second-order valence-corrected chi connectivity index (χ2v) is 7.76. The molecule has 10 heteroatoms. The van der Waals surface area contributed by atoms with E-state index in [1.807, 2.05) is 19.2 Å². The minimum absolute atomic E-state index is 0.119. The number of carbonyl (C=O) groups is 2. The van der Waals surface area contributed by atoms with Crippen LogP contribution >= 0.6 is 0 Å². The molecule has 168 valence electrons. The van der Waals surface area contributed by atoms with Crippen LogP contribution in [0, 0.1) is 5.92 Å². The molecule has 31 heavy (non-hydrogen) atoms. The first kappa shape index (κ1) is 24.1. The zero-order valence-electron chi connectivity index (χ0n) is 17.7. The smallest absolute Gasteiger partial charge is 0.352 e. The van der Waals surface area contributed by atoms with Gasteiger partial charge in [0.15, 0.2) is 6.04 Å². The van der Waals surface area contributed by atoms with E-state index in [2.05, 4.69) is 10.3 Å². The molecule has 0 aliphatic carbocycles. The summed E-state index contributed by atoms with van der Waals surface area (Å²) in [4.78, 5) is 41.7. The molecule has 0 fully saturated rings. The van der Waals surface area contributed by atoms with Crippen molar-refractivity contribution in [2.75, 3.05) is 6.54 Å². The number of hydrogen-bond acceptors (Lipinski definition) is 4. The lowest BCUT2D eigenvalue weighted by Gasteiger charge is -2.22. The number of alkyl halides is 3. The first-order chi connectivity index (χ1) is 14.4. The summed E-state index contributed by atoms with van der Waals surface area (Å²) in [5.74, 6) is -1.82. The Labute approximate surface area is 177 Å². The molecule has 1 atom stereocenters. The third-order valence-corrected chi connectivity index (χ3v) is 4.39. The normalized spacial score (nSPS) is 12.7. The summed E-state index contributed by atoms with van der Waals surface area (Å²) in [6.07, 6.45) is -1.23. The fourth-order valence-electron chi connectivity index (χ4n) is 2.69. The average molecular weight is 438 g/mol. The summed E-state index contributed by atoms with van der Waals surface area (Å²) in [5, 5.41) is 4.43. The number of nitrogens with zero attached hydrogens (tertiary/aromatic N) is 2. The molecule has 0 saturated heterocycles. The van der Waals surface area contributed by atoms with Crippen molar-refractivity contribution in [3.63, 3.8) is 0 Å². The van der Waals surface area contributed by atoms with Gasteiger partial charge in [-0.1, -0.05) is 19.9 Å². The molecule has 0 spiro atoms. The summed E-state index contributed by atoms with van der Waals surface area (Å²) < 4.78 is 42.1. The lowest BCUT2D eigenvalue weighted by molar-refractivity contribution is -0.156. The van der Waals surface area contributed by atoms with Crippen LogP contribution in [0.4, 0.5) is 13.2 Å². The summed E-state index contributed by atoms with van der Waals surface area (Å²) in [7, 11) is 0. The molecule has 0 bridgehead atoms. The van der Waals surface area contributed by atoms with Crippen molar-refractivity contribution >= 4 is 11.8 Å². The number of amides is 2. The molecule has 2 aromatic heterocycles. The molecule has 0 aliphatic rings. The minimum atomic E-state index is -4.84. The van der Waals surface area contributed by atoms with Crippen LogP contribution in [0.25, 0.3) is 0 Å². The Morgan fingerprint density at radius 2 is 1.68 bits per heavy atom. The summed E-state index contributed by atoms with van der Waals surface area (Å²) in [6.45, 7) is 7.52. The van der Waals surface area contributed by atoms with E-state index in [1.54, 1.807) is 13.8 Å². The van der Waals surface area contributed by atoms with Gasteiger partial charge in [0.05, 0.1) is 5.69 Å². The zero-order chi connectivity index (χ0) is 23.3. The van der Waals surface area contributed by atoms with Crippen molar-refractivity contribution < 1.29 is 22.8 Å². The van der Waals surface area contributed by atoms with Crippen molar-refractivity contribution in [2.24, 2.45) is 5.92 Å². The van der Waals surface area contributed by atoms with Gasteiger partial charge in [-0.05, 0) is 31.9 Å².